The molecule has 0 saturated heterocycles. The molecule has 0 aromatic carbocycles. The molecule has 1 spiro atoms. The van der Waals surface area contributed by atoms with Gasteiger partial charge in [-0.2, -0.15) is 0 Å². The lowest BCUT2D eigenvalue weighted by atomic mass is 9.59. The fourth-order valence-electron chi connectivity index (χ4n) is 4.28. The van der Waals surface area contributed by atoms with Crippen LogP contribution < -0.4 is 0 Å². The molecule has 2 aliphatic rings. The van der Waals surface area contributed by atoms with E-state index in [1.165, 1.54) is 5.57 Å². The highest BCUT2D eigenvalue weighted by molar-refractivity contribution is 5.17. The zero-order valence-electron chi connectivity index (χ0n) is 11.5. The summed E-state index contributed by atoms with van der Waals surface area (Å²) in [5.74, 6) is 0.711. The molecule has 0 aromatic heterocycles. The monoisotopic (exact) mass is 238 g/mol. The van der Waals surface area contributed by atoms with Crippen LogP contribution in [-0.4, -0.2) is 21.9 Å². The number of allylic oxidation sites excluding steroid dienone is 1. The topological polar surface area (TPSA) is 40.5 Å². The van der Waals surface area contributed by atoms with E-state index in [9.17, 15) is 10.2 Å². The Kier molecular flexibility index (Phi) is 3.16. The summed E-state index contributed by atoms with van der Waals surface area (Å²) in [4.78, 5) is 0. The maximum atomic E-state index is 10.6. The molecule has 0 heterocycles. The van der Waals surface area contributed by atoms with Crippen molar-refractivity contribution in [3.05, 3.63) is 11.6 Å². The Labute approximate surface area is 105 Å². The minimum atomic E-state index is -0.690. The number of hydrogen-bond donors (Lipinski definition) is 2. The summed E-state index contributed by atoms with van der Waals surface area (Å²) in [5, 5.41) is 21.0. The highest BCUT2D eigenvalue weighted by atomic mass is 16.3. The molecule has 98 valence electrons. The van der Waals surface area contributed by atoms with Gasteiger partial charge in [0.25, 0.3) is 0 Å². The van der Waals surface area contributed by atoms with Gasteiger partial charge in [0, 0.05) is 5.41 Å². The molecular formula is C15H26O2. The normalized spacial score (nSPS) is 42.9. The summed E-state index contributed by atoms with van der Waals surface area (Å²) < 4.78 is 0. The predicted molar refractivity (Wildman–Crippen MR) is 69.6 cm³/mol. The molecule has 2 heteroatoms. The van der Waals surface area contributed by atoms with Gasteiger partial charge in [0.15, 0.2) is 0 Å². The van der Waals surface area contributed by atoms with Crippen LogP contribution in [0.15, 0.2) is 11.6 Å². The minimum Gasteiger partial charge on any atom is -0.392 e. The molecule has 0 aliphatic heterocycles. The van der Waals surface area contributed by atoms with E-state index in [-0.39, 0.29) is 17.4 Å². The van der Waals surface area contributed by atoms with Gasteiger partial charge in [-0.25, -0.2) is 0 Å². The fourth-order valence-corrected chi connectivity index (χ4v) is 4.28. The van der Waals surface area contributed by atoms with Crippen LogP contribution in [0.1, 0.15) is 53.4 Å². The lowest BCUT2D eigenvalue weighted by molar-refractivity contribution is -0.106. The van der Waals surface area contributed by atoms with Crippen LogP contribution in [0.25, 0.3) is 0 Å². The SMILES string of the molecule is CC1=CC[C@]2([C@H](C)CC[C@@H]2C(C)(C)O)[C@H](O)C1. The number of aliphatic hydroxyl groups excluding tert-OH is 1. The van der Waals surface area contributed by atoms with Gasteiger partial charge in [0.1, 0.15) is 0 Å². The lowest BCUT2D eigenvalue weighted by Gasteiger charge is -2.49. The molecule has 0 radical (unpaired) electrons. The predicted octanol–water partition coefficient (Wildman–Crippen LogP) is 2.89. The van der Waals surface area contributed by atoms with Crippen molar-refractivity contribution in [2.45, 2.75) is 65.1 Å². The highest BCUT2D eigenvalue weighted by Crippen LogP contribution is 2.58. The molecule has 0 amide bonds. The Bertz CT molecular complexity index is 326. The zero-order valence-corrected chi connectivity index (χ0v) is 11.5. The van der Waals surface area contributed by atoms with Crippen molar-refractivity contribution >= 4 is 0 Å². The van der Waals surface area contributed by atoms with Gasteiger partial charge in [-0.05, 0) is 58.3 Å². The first-order chi connectivity index (χ1) is 7.78. The molecule has 2 rings (SSSR count). The smallest absolute Gasteiger partial charge is 0.0642 e. The third-order valence-corrected chi connectivity index (χ3v) is 5.25. The second kappa shape index (κ2) is 4.10. The Morgan fingerprint density at radius 1 is 1.35 bits per heavy atom. The largest absolute Gasteiger partial charge is 0.392 e. The van der Waals surface area contributed by atoms with Crippen LogP contribution in [0.4, 0.5) is 0 Å². The van der Waals surface area contributed by atoms with Crippen molar-refractivity contribution in [2.75, 3.05) is 0 Å². The molecule has 0 aromatic rings. The maximum absolute atomic E-state index is 10.6. The quantitative estimate of drug-likeness (QED) is 0.690. The van der Waals surface area contributed by atoms with Crippen molar-refractivity contribution < 1.29 is 10.2 Å². The van der Waals surface area contributed by atoms with E-state index in [1.807, 2.05) is 13.8 Å². The molecular weight excluding hydrogens is 212 g/mol. The summed E-state index contributed by atoms with van der Waals surface area (Å²) in [6.07, 6.45) is 5.84. The Hall–Kier alpha value is -0.340. The molecule has 0 bridgehead atoms. The Morgan fingerprint density at radius 2 is 2.00 bits per heavy atom. The first kappa shape index (κ1) is 13.1. The van der Waals surface area contributed by atoms with Gasteiger partial charge in [0.2, 0.25) is 0 Å². The maximum Gasteiger partial charge on any atom is 0.0642 e. The third kappa shape index (κ3) is 1.96. The van der Waals surface area contributed by atoms with Crippen LogP contribution in [0, 0.1) is 17.3 Å². The third-order valence-electron chi connectivity index (χ3n) is 5.25. The van der Waals surface area contributed by atoms with Crippen LogP contribution in [0.3, 0.4) is 0 Å². The van der Waals surface area contributed by atoms with Gasteiger partial charge in [0.05, 0.1) is 11.7 Å². The first-order valence-electron chi connectivity index (χ1n) is 6.84. The molecule has 1 saturated carbocycles. The fraction of sp³-hybridized carbons (Fsp3) is 0.867. The van der Waals surface area contributed by atoms with E-state index in [0.717, 1.165) is 25.7 Å². The average molecular weight is 238 g/mol. The molecule has 4 atom stereocenters. The van der Waals surface area contributed by atoms with E-state index in [2.05, 4.69) is 19.9 Å². The van der Waals surface area contributed by atoms with Crippen LogP contribution in [0.2, 0.25) is 0 Å². The molecule has 0 unspecified atom stereocenters. The minimum absolute atomic E-state index is 0.0994. The van der Waals surface area contributed by atoms with E-state index in [1.54, 1.807) is 0 Å². The summed E-state index contributed by atoms with van der Waals surface area (Å²) >= 11 is 0. The number of rotatable bonds is 1. The van der Waals surface area contributed by atoms with E-state index >= 15 is 0 Å². The Morgan fingerprint density at radius 3 is 2.53 bits per heavy atom. The summed E-state index contributed by atoms with van der Waals surface area (Å²) in [7, 11) is 0. The molecule has 17 heavy (non-hydrogen) atoms. The number of hydrogen-bond acceptors (Lipinski definition) is 2. The standard InChI is InChI=1S/C15H26O2/c1-10-7-8-15(13(16)9-10)11(2)5-6-12(15)14(3,4)17/h7,11-13,16-17H,5-6,8-9H2,1-4H3/t11-,12-,13-,15-/m1/s1. The van der Waals surface area contributed by atoms with Crippen molar-refractivity contribution in [1.29, 1.82) is 0 Å². The van der Waals surface area contributed by atoms with Gasteiger partial charge in [-0.15, -0.1) is 0 Å². The van der Waals surface area contributed by atoms with Gasteiger partial charge in [-0.3, -0.25) is 0 Å². The van der Waals surface area contributed by atoms with Gasteiger partial charge in [-0.1, -0.05) is 18.6 Å². The van der Waals surface area contributed by atoms with E-state index in [0.29, 0.717) is 5.92 Å². The molecule has 2 N–H and O–H groups in total. The zero-order chi connectivity index (χ0) is 12.8. The van der Waals surface area contributed by atoms with Crippen molar-refractivity contribution in [1.82, 2.24) is 0 Å². The van der Waals surface area contributed by atoms with Gasteiger partial charge < -0.3 is 10.2 Å². The van der Waals surface area contributed by atoms with Crippen molar-refractivity contribution in [2.24, 2.45) is 17.3 Å². The molecule has 1 fully saturated rings. The molecule has 2 nitrogen and oxygen atoms in total. The van der Waals surface area contributed by atoms with Gasteiger partial charge >= 0.3 is 0 Å². The number of aliphatic hydroxyl groups is 2. The van der Waals surface area contributed by atoms with Crippen molar-refractivity contribution in [3.8, 4) is 0 Å². The second-order valence-corrected chi connectivity index (χ2v) is 6.77. The first-order valence-corrected chi connectivity index (χ1v) is 6.84. The van der Waals surface area contributed by atoms with Crippen LogP contribution >= 0.6 is 0 Å². The van der Waals surface area contributed by atoms with Crippen molar-refractivity contribution in [3.63, 3.8) is 0 Å². The second-order valence-electron chi connectivity index (χ2n) is 6.77. The molecule has 2 aliphatic carbocycles. The summed E-state index contributed by atoms with van der Waals surface area (Å²) in [6, 6.07) is 0. The average Bonchev–Trinajstić information content (AvgIpc) is 2.51. The van der Waals surface area contributed by atoms with E-state index < -0.39 is 5.60 Å². The van der Waals surface area contributed by atoms with Crippen LogP contribution in [0.5, 0.6) is 0 Å². The summed E-state index contributed by atoms with van der Waals surface area (Å²) in [6.45, 7) is 8.13. The highest BCUT2D eigenvalue weighted by Gasteiger charge is 2.56. The Balaban J connectivity index is 2.38. The lowest BCUT2D eigenvalue weighted by Crippen LogP contribution is -2.51. The summed E-state index contributed by atoms with van der Waals surface area (Å²) in [5.41, 5.74) is 0.500. The van der Waals surface area contributed by atoms with Crippen LogP contribution in [-0.2, 0) is 0 Å². The van der Waals surface area contributed by atoms with E-state index in [4.69, 9.17) is 0 Å².